The maximum atomic E-state index is 12.6. The Labute approximate surface area is 153 Å². The minimum atomic E-state index is -4.39. The second-order valence-corrected chi connectivity index (χ2v) is 7.55. The molecule has 2 nitrogen and oxygen atoms in total. The Balaban J connectivity index is 1.85. The van der Waals surface area contributed by atoms with E-state index < -0.39 is 11.7 Å². The molecule has 1 fully saturated rings. The third kappa shape index (κ3) is 5.83. The molecule has 1 aromatic carbocycles. The minimum absolute atomic E-state index is 0.0728. The number of hydrogen-bond acceptors (Lipinski definition) is 2. The van der Waals surface area contributed by atoms with Gasteiger partial charge in [0, 0.05) is 18.6 Å². The van der Waals surface area contributed by atoms with Crippen LogP contribution in [0, 0.1) is 17.8 Å². The molecule has 0 spiro atoms. The van der Waals surface area contributed by atoms with E-state index in [2.05, 4.69) is 6.92 Å². The Kier molecular flexibility index (Phi) is 7.69. The molecule has 0 amide bonds. The first-order valence-electron chi connectivity index (χ1n) is 9.66. The van der Waals surface area contributed by atoms with Crippen molar-refractivity contribution in [3.8, 4) is 0 Å². The smallest absolute Gasteiger partial charge is 0.396 e. The fourth-order valence-electron chi connectivity index (χ4n) is 4.14. The van der Waals surface area contributed by atoms with Crippen LogP contribution >= 0.6 is 0 Å². The van der Waals surface area contributed by atoms with Crippen LogP contribution in [0.15, 0.2) is 24.3 Å². The standard InChI is InChI=1S/C21H29F3O2/c1-2-3-15-4-6-16(7-5-15)18(14-25)10-13-20(26)17-8-11-19(12-9-17)21(22,23)24/h8-9,11-12,15-16,18,25H,2-7,10,13-14H2,1H3. The second kappa shape index (κ2) is 9.54. The van der Waals surface area contributed by atoms with E-state index in [0.29, 0.717) is 17.9 Å². The Morgan fingerprint density at radius 2 is 1.77 bits per heavy atom. The van der Waals surface area contributed by atoms with Crippen molar-refractivity contribution in [3.05, 3.63) is 35.4 Å². The predicted octanol–water partition coefficient (Wildman–Crippen LogP) is 5.88. The molecule has 5 heteroatoms. The molecule has 1 aliphatic rings. The molecule has 1 atom stereocenters. The SMILES string of the molecule is CCCC1CCC(C(CO)CCC(=O)c2ccc(C(F)(F)F)cc2)CC1. The molecule has 0 saturated heterocycles. The first-order valence-corrected chi connectivity index (χ1v) is 9.66. The maximum absolute atomic E-state index is 12.6. The van der Waals surface area contributed by atoms with Crippen molar-refractivity contribution >= 4 is 5.78 Å². The summed E-state index contributed by atoms with van der Waals surface area (Å²) < 4.78 is 37.8. The number of Topliss-reactive ketones (excluding diaryl/α,β-unsaturated/α-hetero) is 1. The number of carbonyl (C=O) groups is 1. The molecule has 0 aliphatic heterocycles. The lowest BCUT2D eigenvalue weighted by Crippen LogP contribution is -2.25. The number of benzene rings is 1. The number of hydrogen-bond donors (Lipinski definition) is 1. The van der Waals surface area contributed by atoms with E-state index in [1.165, 1.54) is 37.8 Å². The Morgan fingerprint density at radius 3 is 2.27 bits per heavy atom. The number of rotatable bonds is 8. The monoisotopic (exact) mass is 370 g/mol. The lowest BCUT2D eigenvalue weighted by Gasteiger charge is -2.33. The fourth-order valence-corrected chi connectivity index (χ4v) is 4.14. The average molecular weight is 370 g/mol. The third-order valence-corrected chi connectivity index (χ3v) is 5.77. The Morgan fingerprint density at radius 1 is 1.15 bits per heavy atom. The molecule has 26 heavy (non-hydrogen) atoms. The maximum Gasteiger partial charge on any atom is 0.416 e. The van der Waals surface area contributed by atoms with Crippen LogP contribution in [-0.2, 0) is 6.18 Å². The van der Waals surface area contributed by atoms with Gasteiger partial charge in [0.25, 0.3) is 0 Å². The fraction of sp³-hybridized carbons (Fsp3) is 0.667. The molecule has 1 unspecified atom stereocenters. The van der Waals surface area contributed by atoms with Crippen LogP contribution in [0.25, 0.3) is 0 Å². The molecule has 1 aliphatic carbocycles. The molecular formula is C21H29F3O2. The van der Waals surface area contributed by atoms with Crippen LogP contribution in [0.4, 0.5) is 13.2 Å². The predicted molar refractivity (Wildman–Crippen MR) is 95.9 cm³/mol. The number of aliphatic hydroxyl groups excluding tert-OH is 1. The number of halogens is 3. The van der Waals surface area contributed by atoms with Gasteiger partial charge in [-0.15, -0.1) is 0 Å². The van der Waals surface area contributed by atoms with Gasteiger partial charge >= 0.3 is 6.18 Å². The quantitative estimate of drug-likeness (QED) is 0.580. The molecule has 1 N–H and O–H groups in total. The lowest BCUT2D eigenvalue weighted by atomic mass is 9.73. The van der Waals surface area contributed by atoms with Gasteiger partial charge in [-0.2, -0.15) is 13.2 Å². The van der Waals surface area contributed by atoms with E-state index in [1.54, 1.807) is 0 Å². The van der Waals surface area contributed by atoms with E-state index in [9.17, 15) is 23.1 Å². The van der Waals surface area contributed by atoms with E-state index in [4.69, 9.17) is 0 Å². The van der Waals surface area contributed by atoms with Gasteiger partial charge in [0.2, 0.25) is 0 Å². The van der Waals surface area contributed by atoms with Crippen molar-refractivity contribution in [2.75, 3.05) is 6.61 Å². The molecule has 0 heterocycles. The second-order valence-electron chi connectivity index (χ2n) is 7.55. The zero-order chi connectivity index (χ0) is 19.2. The van der Waals surface area contributed by atoms with Crippen LogP contribution in [0.3, 0.4) is 0 Å². The Bertz CT molecular complexity index is 558. The van der Waals surface area contributed by atoms with Gasteiger partial charge in [0.1, 0.15) is 0 Å². The van der Waals surface area contributed by atoms with Gasteiger partial charge in [-0.1, -0.05) is 44.7 Å². The highest BCUT2D eigenvalue weighted by atomic mass is 19.4. The largest absolute Gasteiger partial charge is 0.416 e. The summed E-state index contributed by atoms with van der Waals surface area (Å²) >= 11 is 0. The first-order chi connectivity index (χ1) is 12.3. The minimum Gasteiger partial charge on any atom is -0.396 e. The number of ketones is 1. The summed E-state index contributed by atoms with van der Waals surface area (Å²) in [7, 11) is 0. The first kappa shape index (κ1) is 20.9. The van der Waals surface area contributed by atoms with Crippen LogP contribution in [0.1, 0.15) is 74.2 Å². The Hall–Kier alpha value is -1.36. The third-order valence-electron chi connectivity index (χ3n) is 5.77. The summed E-state index contributed by atoms with van der Waals surface area (Å²) in [5, 5.41) is 9.72. The number of aliphatic hydroxyl groups is 1. The van der Waals surface area contributed by atoms with E-state index in [1.807, 2.05) is 0 Å². The summed E-state index contributed by atoms with van der Waals surface area (Å²) in [4.78, 5) is 12.3. The zero-order valence-corrected chi connectivity index (χ0v) is 15.4. The number of carbonyl (C=O) groups excluding carboxylic acids is 1. The van der Waals surface area contributed by atoms with Crippen LogP contribution in [0.2, 0.25) is 0 Å². The van der Waals surface area contributed by atoms with Gasteiger partial charge in [-0.3, -0.25) is 4.79 Å². The topological polar surface area (TPSA) is 37.3 Å². The summed E-state index contributed by atoms with van der Waals surface area (Å²) in [6.45, 7) is 2.28. The summed E-state index contributed by atoms with van der Waals surface area (Å²) in [5.41, 5.74) is -0.438. The van der Waals surface area contributed by atoms with E-state index in [0.717, 1.165) is 30.9 Å². The zero-order valence-electron chi connectivity index (χ0n) is 15.4. The van der Waals surface area contributed by atoms with Crippen molar-refractivity contribution in [3.63, 3.8) is 0 Å². The van der Waals surface area contributed by atoms with Gasteiger partial charge < -0.3 is 5.11 Å². The van der Waals surface area contributed by atoms with Crippen molar-refractivity contribution < 1.29 is 23.1 Å². The molecule has 1 saturated carbocycles. The van der Waals surface area contributed by atoms with Gasteiger partial charge in [-0.25, -0.2) is 0 Å². The molecule has 146 valence electrons. The van der Waals surface area contributed by atoms with Crippen molar-refractivity contribution in [1.29, 1.82) is 0 Å². The average Bonchev–Trinajstić information content (AvgIpc) is 2.63. The van der Waals surface area contributed by atoms with Crippen LogP contribution < -0.4 is 0 Å². The van der Waals surface area contributed by atoms with E-state index in [-0.39, 0.29) is 24.7 Å². The molecule has 0 bridgehead atoms. The highest BCUT2D eigenvalue weighted by Gasteiger charge is 2.30. The van der Waals surface area contributed by atoms with Gasteiger partial charge in [-0.05, 0) is 49.1 Å². The van der Waals surface area contributed by atoms with Crippen LogP contribution in [-0.4, -0.2) is 17.5 Å². The number of alkyl halides is 3. The lowest BCUT2D eigenvalue weighted by molar-refractivity contribution is -0.137. The molecule has 2 rings (SSSR count). The van der Waals surface area contributed by atoms with Crippen molar-refractivity contribution in [2.24, 2.45) is 17.8 Å². The molecular weight excluding hydrogens is 341 g/mol. The van der Waals surface area contributed by atoms with Crippen molar-refractivity contribution in [1.82, 2.24) is 0 Å². The van der Waals surface area contributed by atoms with Gasteiger partial charge in [0.05, 0.1) is 5.56 Å². The van der Waals surface area contributed by atoms with Gasteiger partial charge in [0.15, 0.2) is 5.78 Å². The summed E-state index contributed by atoms with van der Waals surface area (Å²) in [6, 6.07) is 4.39. The normalized spacial score (nSPS) is 22.2. The summed E-state index contributed by atoms with van der Waals surface area (Å²) in [5.74, 6) is 1.20. The van der Waals surface area contributed by atoms with Crippen molar-refractivity contribution in [2.45, 2.75) is 64.5 Å². The molecule has 0 radical (unpaired) electrons. The van der Waals surface area contributed by atoms with E-state index >= 15 is 0 Å². The molecule has 0 aromatic heterocycles. The van der Waals surface area contributed by atoms with Crippen LogP contribution in [0.5, 0.6) is 0 Å². The molecule has 1 aromatic rings. The highest BCUT2D eigenvalue weighted by Crippen LogP contribution is 2.37. The highest BCUT2D eigenvalue weighted by molar-refractivity contribution is 5.96. The summed E-state index contributed by atoms with van der Waals surface area (Å²) in [6.07, 6.45) is 3.55.